The molecule has 0 aliphatic heterocycles. The monoisotopic (exact) mass is 762 g/mol. The largest absolute Gasteiger partial charge is 0.494 e. The van der Waals surface area contributed by atoms with Crippen molar-refractivity contribution in [3.8, 4) is 17.0 Å². The summed E-state index contributed by atoms with van der Waals surface area (Å²) < 4.78 is 20.2. The van der Waals surface area contributed by atoms with Crippen LogP contribution in [-0.4, -0.2) is 29.3 Å². The van der Waals surface area contributed by atoms with E-state index < -0.39 is 22.9 Å². The van der Waals surface area contributed by atoms with Crippen LogP contribution in [0.4, 0.5) is 15.2 Å². The van der Waals surface area contributed by atoms with Crippen molar-refractivity contribution in [2.45, 2.75) is 17.1 Å². The highest BCUT2D eigenvalue weighted by Gasteiger charge is 2.24. The van der Waals surface area contributed by atoms with Crippen LogP contribution in [0.15, 0.2) is 143 Å². The minimum atomic E-state index is -0.691. The van der Waals surface area contributed by atoms with Crippen LogP contribution in [0, 0.1) is 5.82 Å². The molecule has 0 saturated carbocycles. The van der Waals surface area contributed by atoms with Gasteiger partial charge in [-0.15, -0.1) is 23.1 Å². The molecule has 1 heterocycles. The van der Waals surface area contributed by atoms with Crippen LogP contribution < -0.4 is 20.7 Å². The van der Waals surface area contributed by atoms with Gasteiger partial charge in [-0.1, -0.05) is 66.2 Å². The average Bonchev–Trinajstić information content (AvgIpc) is 3.64. The molecule has 3 N–H and O–H groups in total. The van der Waals surface area contributed by atoms with E-state index in [1.807, 2.05) is 66.9 Å². The summed E-state index contributed by atoms with van der Waals surface area (Å²) in [7, 11) is 0. The summed E-state index contributed by atoms with van der Waals surface area (Å²) in [5.41, 5.74) is 2.91. The molecule has 8 nitrogen and oxygen atoms in total. The molecule has 0 spiro atoms. The number of nitrogens with one attached hydrogen (secondary N) is 3. The molecule has 0 radical (unpaired) electrons. The lowest BCUT2D eigenvalue weighted by Gasteiger charge is -2.17. The number of amides is 3. The first kappa shape index (κ1) is 37.0. The van der Waals surface area contributed by atoms with Crippen LogP contribution in [0.25, 0.3) is 17.3 Å². The third-order valence-electron chi connectivity index (χ3n) is 7.72. The first-order valence-electron chi connectivity index (χ1n) is 16.4. The third-order valence-corrected chi connectivity index (χ3v) is 10.1. The van der Waals surface area contributed by atoms with Gasteiger partial charge in [0.1, 0.15) is 22.5 Å². The number of halogens is 2. The Balaban J connectivity index is 1.17. The summed E-state index contributed by atoms with van der Waals surface area (Å²) in [5.74, 6) is -1.37. The van der Waals surface area contributed by atoms with Gasteiger partial charge in [-0.2, -0.15) is 0 Å². The van der Waals surface area contributed by atoms with Gasteiger partial charge in [0, 0.05) is 32.7 Å². The first-order valence-corrected chi connectivity index (χ1v) is 18.6. The van der Waals surface area contributed by atoms with Crippen LogP contribution in [0.5, 0.6) is 5.75 Å². The Morgan fingerprint density at radius 3 is 2.25 bits per heavy atom. The number of carbonyl (C=O) groups is 3. The predicted molar refractivity (Wildman–Crippen MR) is 211 cm³/mol. The van der Waals surface area contributed by atoms with Gasteiger partial charge < -0.3 is 20.7 Å². The maximum Gasteiger partial charge on any atom is 0.272 e. The molecule has 1 atom stereocenters. The summed E-state index contributed by atoms with van der Waals surface area (Å²) in [6.07, 6.45) is 1.20. The van der Waals surface area contributed by atoms with E-state index in [0.29, 0.717) is 23.0 Å². The molecule has 6 aromatic rings. The van der Waals surface area contributed by atoms with Gasteiger partial charge in [0.25, 0.3) is 11.8 Å². The van der Waals surface area contributed by atoms with Gasteiger partial charge in [0.05, 0.1) is 17.3 Å². The van der Waals surface area contributed by atoms with Gasteiger partial charge >= 0.3 is 0 Å². The molecule has 0 bridgehead atoms. The maximum absolute atomic E-state index is 14.7. The Kier molecular flexibility index (Phi) is 12.3. The lowest BCUT2D eigenvalue weighted by Crippen LogP contribution is -2.30. The molecule has 0 aliphatic rings. The zero-order valence-corrected chi connectivity index (χ0v) is 30.6. The Morgan fingerprint density at radius 1 is 0.868 bits per heavy atom. The van der Waals surface area contributed by atoms with Crippen molar-refractivity contribution in [1.82, 2.24) is 10.3 Å². The number of hydrogen-bond donors (Lipinski definition) is 3. The highest BCUT2D eigenvalue weighted by atomic mass is 35.5. The van der Waals surface area contributed by atoms with E-state index in [2.05, 4.69) is 20.9 Å². The number of thioether (sulfide) groups is 1. The van der Waals surface area contributed by atoms with E-state index >= 15 is 0 Å². The zero-order chi connectivity index (χ0) is 37.2. The van der Waals surface area contributed by atoms with Gasteiger partial charge in [-0.05, 0) is 91.4 Å². The first-order chi connectivity index (χ1) is 25.8. The standard InChI is InChI=1S/C41H32ClFN4O4S2/c1-2-51-30-20-16-26(17-21-30)36-25-52-41(46-36)47-40(50)37(27-10-5-3-6-11-27)53-31-22-18-29(19-23-31)44-39(49)35(24-32-33(42)14-9-15-34(32)43)45-38(48)28-12-7-4-8-13-28/h3-25,37H,2H2,1H3,(H,44,49)(H,45,48)(H,46,47,50)/b35-24-. The Morgan fingerprint density at radius 2 is 1.57 bits per heavy atom. The number of thiazole rings is 1. The Labute approximate surface area is 319 Å². The number of carbonyl (C=O) groups excluding carboxylic acids is 3. The number of anilines is 2. The lowest BCUT2D eigenvalue weighted by atomic mass is 10.1. The summed E-state index contributed by atoms with van der Waals surface area (Å²) in [4.78, 5) is 45.7. The van der Waals surface area contributed by atoms with Gasteiger partial charge in [0.15, 0.2) is 5.13 Å². The predicted octanol–water partition coefficient (Wildman–Crippen LogP) is 9.88. The number of nitrogens with zero attached hydrogens (tertiary/aromatic N) is 1. The second kappa shape index (κ2) is 17.6. The van der Waals surface area contributed by atoms with Crippen molar-refractivity contribution in [2.24, 2.45) is 0 Å². The third kappa shape index (κ3) is 9.78. The quantitative estimate of drug-likeness (QED) is 0.0799. The zero-order valence-electron chi connectivity index (χ0n) is 28.2. The van der Waals surface area contributed by atoms with E-state index in [0.717, 1.165) is 27.5 Å². The second-order valence-electron chi connectivity index (χ2n) is 11.4. The fourth-order valence-corrected chi connectivity index (χ4v) is 7.08. The summed E-state index contributed by atoms with van der Waals surface area (Å²) >= 11 is 8.91. The van der Waals surface area contributed by atoms with Crippen molar-refractivity contribution >= 4 is 69.3 Å². The molecule has 5 aromatic carbocycles. The van der Waals surface area contributed by atoms with E-state index in [-0.39, 0.29) is 22.2 Å². The fraction of sp³-hybridized carbons (Fsp3) is 0.0732. The van der Waals surface area contributed by atoms with Gasteiger partial charge in [-0.3, -0.25) is 14.4 Å². The smallest absolute Gasteiger partial charge is 0.272 e. The van der Waals surface area contributed by atoms with Crippen molar-refractivity contribution < 1.29 is 23.5 Å². The minimum Gasteiger partial charge on any atom is -0.494 e. The second-order valence-corrected chi connectivity index (χ2v) is 13.8. The fourth-order valence-electron chi connectivity index (χ4n) is 5.11. The number of aromatic nitrogens is 1. The average molecular weight is 763 g/mol. The Hall–Kier alpha value is -5.75. The molecule has 266 valence electrons. The number of hydrogen-bond acceptors (Lipinski definition) is 7. The van der Waals surface area contributed by atoms with Crippen LogP contribution in [0.1, 0.15) is 33.7 Å². The highest BCUT2D eigenvalue weighted by Crippen LogP contribution is 2.37. The topological polar surface area (TPSA) is 109 Å². The molecule has 6 rings (SSSR count). The molecule has 1 aromatic heterocycles. The van der Waals surface area contributed by atoms with E-state index in [4.69, 9.17) is 16.3 Å². The number of ether oxygens (including phenoxy) is 1. The van der Waals surface area contributed by atoms with Crippen molar-refractivity contribution in [3.05, 3.63) is 166 Å². The highest BCUT2D eigenvalue weighted by molar-refractivity contribution is 8.00. The van der Waals surface area contributed by atoms with Crippen LogP contribution in [-0.2, 0) is 9.59 Å². The minimum absolute atomic E-state index is 0.0465. The van der Waals surface area contributed by atoms with E-state index in [9.17, 15) is 18.8 Å². The molecular formula is C41H32ClFN4O4S2. The Bertz CT molecular complexity index is 2210. The van der Waals surface area contributed by atoms with Crippen molar-refractivity contribution in [3.63, 3.8) is 0 Å². The van der Waals surface area contributed by atoms with Gasteiger partial charge in [-0.25, -0.2) is 9.37 Å². The maximum atomic E-state index is 14.7. The number of benzene rings is 5. The summed E-state index contributed by atoms with van der Waals surface area (Å²) in [6, 6.07) is 36.4. The summed E-state index contributed by atoms with van der Waals surface area (Å²) in [6.45, 7) is 2.51. The molecule has 53 heavy (non-hydrogen) atoms. The lowest BCUT2D eigenvalue weighted by molar-refractivity contribution is -0.116. The van der Waals surface area contributed by atoms with E-state index in [1.165, 1.54) is 47.4 Å². The van der Waals surface area contributed by atoms with Crippen LogP contribution >= 0.6 is 34.7 Å². The van der Waals surface area contributed by atoms with Crippen molar-refractivity contribution in [2.75, 3.05) is 17.2 Å². The van der Waals surface area contributed by atoms with Crippen LogP contribution in [0.3, 0.4) is 0 Å². The SMILES string of the molecule is CCOc1ccc(-c2csc(NC(=O)C(Sc3ccc(NC(=O)/C(=C/c4c(F)cccc4Cl)NC(=O)c4ccccc4)cc3)c3ccccc3)n2)cc1. The van der Waals surface area contributed by atoms with Crippen molar-refractivity contribution in [1.29, 1.82) is 0 Å². The van der Waals surface area contributed by atoms with Crippen LogP contribution in [0.2, 0.25) is 5.02 Å². The molecule has 3 amide bonds. The molecule has 0 aliphatic carbocycles. The molecule has 12 heteroatoms. The van der Waals surface area contributed by atoms with E-state index in [1.54, 1.807) is 54.6 Å². The molecule has 0 fully saturated rings. The van der Waals surface area contributed by atoms with Gasteiger partial charge in [0.2, 0.25) is 5.91 Å². The molecule has 1 unspecified atom stereocenters. The normalized spacial score (nSPS) is 11.7. The summed E-state index contributed by atoms with van der Waals surface area (Å²) in [5, 5.41) is 10.1. The number of rotatable bonds is 13. The molecular weight excluding hydrogens is 731 g/mol. The molecule has 0 saturated heterocycles.